The van der Waals surface area contributed by atoms with Gasteiger partial charge in [-0.15, -0.1) is 0 Å². The fourth-order valence-corrected chi connectivity index (χ4v) is 2.70. The van der Waals surface area contributed by atoms with E-state index in [1.165, 1.54) is 18.2 Å². The molecule has 25 heavy (non-hydrogen) atoms. The first-order valence-corrected chi connectivity index (χ1v) is 8.29. The molecule has 0 bridgehead atoms. The lowest BCUT2D eigenvalue weighted by molar-refractivity contribution is -0.384. The molecule has 0 fully saturated rings. The second-order valence-corrected chi connectivity index (χ2v) is 6.41. The van der Waals surface area contributed by atoms with Crippen LogP contribution in [0.25, 0.3) is 0 Å². The summed E-state index contributed by atoms with van der Waals surface area (Å²) in [7, 11) is 1.84. The third-order valence-corrected chi connectivity index (χ3v) is 4.32. The predicted molar refractivity (Wildman–Crippen MR) is 97.4 cm³/mol. The molecule has 8 heteroatoms. The van der Waals surface area contributed by atoms with Gasteiger partial charge in [-0.25, -0.2) is 0 Å². The van der Waals surface area contributed by atoms with Crippen LogP contribution < -0.4 is 4.74 Å². The number of aliphatic hydroxyl groups excluding tert-OH is 1. The molecule has 2 aromatic carbocycles. The van der Waals surface area contributed by atoms with Crippen molar-refractivity contribution < 1.29 is 14.8 Å². The molecule has 0 heterocycles. The van der Waals surface area contributed by atoms with E-state index in [0.717, 1.165) is 5.56 Å². The molecular formula is C17H18Cl2N2O4. The third-order valence-electron chi connectivity index (χ3n) is 3.47. The Kier molecular flexibility index (Phi) is 7.01. The lowest BCUT2D eigenvalue weighted by atomic mass is 10.2. The highest BCUT2D eigenvalue weighted by atomic mass is 35.5. The molecule has 0 amide bonds. The van der Waals surface area contributed by atoms with Crippen LogP contribution in [0, 0.1) is 10.1 Å². The van der Waals surface area contributed by atoms with Gasteiger partial charge in [0.05, 0.1) is 21.0 Å². The second-order valence-electron chi connectivity index (χ2n) is 5.63. The highest BCUT2D eigenvalue weighted by molar-refractivity contribution is 6.42. The predicted octanol–water partition coefficient (Wildman–Crippen LogP) is 3.77. The van der Waals surface area contributed by atoms with Crippen LogP contribution in [0.1, 0.15) is 5.56 Å². The summed E-state index contributed by atoms with van der Waals surface area (Å²) in [5.74, 6) is 0.341. The molecule has 0 saturated heterocycles. The molecule has 0 aliphatic carbocycles. The zero-order valence-electron chi connectivity index (χ0n) is 13.6. The Balaban J connectivity index is 1.85. The maximum absolute atomic E-state index is 10.7. The van der Waals surface area contributed by atoms with E-state index in [1.54, 1.807) is 12.1 Å². The molecule has 2 rings (SSSR count). The summed E-state index contributed by atoms with van der Waals surface area (Å²) in [5.41, 5.74) is 0.808. The topological polar surface area (TPSA) is 75.8 Å². The van der Waals surface area contributed by atoms with Gasteiger partial charge in [0.25, 0.3) is 5.69 Å². The SMILES string of the molecule is CN(Cc1cccc(Cl)c1Cl)C[C@H](O)COc1cccc([N+](=O)[O-])c1. The van der Waals surface area contributed by atoms with E-state index in [2.05, 4.69) is 0 Å². The highest BCUT2D eigenvalue weighted by Crippen LogP contribution is 2.26. The molecule has 0 aliphatic rings. The van der Waals surface area contributed by atoms with Crippen LogP contribution in [0.5, 0.6) is 5.75 Å². The quantitative estimate of drug-likeness (QED) is 0.553. The van der Waals surface area contributed by atoms with Crippen LogP contribution in [0.2, 0.25) is 10.0 Å². The van der Waals surface area contributed by atoms with Gasteiger partial charge >= 0.3 is 0 Å². The van der Waals surface area contributed by atoms with Crippen molar-refractivity contribution in [3.8, 4) is 5.75 Å². The van der Waals surface area contributed by atoms with E-state index < -0.39 is 11.0 Å². The van der Waals surface area contributed by atoms with Crippen molar-refractivity contribution >= 4 is 28.9 Å². The first kappa shape index (κ1) is 19.5. The van der Waals surface area contributed by atoms with Crippen molar-refractivity contribution in [2.75, 3.05) is 20.2 Å². The van der Waals surface area contributed by atoms with Gasteiger partial charge in [0.1, 0.15) is 18.5 Å². The monoisotopic (exact) mass is 384 g/mol. The molecule has 0 aromatic heterocycles. The number of nitro groups is 1. The van der Waals surface area contributed by atoms with Crippen molar-refractivity contribution in [3.05, 3.63) is 68.2 Å². The van der Waals surface area contributed by atoms with Gasteiger partial charge in [-0.2, -0.15) is 0 Å². The molecule has 1 atom stereocenters. The van der Waals surface area contributed by atoms with Crippen LogP contribution in [0.15, 0.2) is 42.5 Å². The molecule has 0 aliphatic heterocycles. The smallest absolute Gasteiger partial charge is 0.273 e. The molecule has 0 radical (unpaired) electrons. The maximum Gasteiger partial charge on any atom is 0.273 e. The number of nitro benzene ring substituents is 1. The fourth-order valence-electron chi connectivity index (χ4n) is 2.32. The molecule has 2 aromatic rings. The maximum atomic E-state index is 10.7. The Bertz CT molecular complexity index is 742. The van der Waals surface area contributed by atoms with Crippen molar-refractivity contribution in [3.63, 3.8) is 0 Å². The zero-order chi connectivity index (χ0) is 18.4. The number of aliphatic hydroxyl groups is 1. The second kappa shape index (κ2) is 9.01. The van der Waals surface area contributed by atoms with Crippen molar-refractivity contribution in [2.24, 2.45) is 0 Å². The summed E-state index contributed by atoms with van der Waals surface area (Å²) in [5, 5.41) is 21.8. The normalized spacial score (nSPS) is 12.2. The van der Waals surface area contributed by atoms with Crippen LogP contribution in [0.4, 0.5) is 5.69 Å². The van der Waals surface area contributed by atoms with Gasteiger partial charge in [0, 0.05) is 19.2 Å². The summed E-state index contributed by atoms with van der Waals surface area (Å²) in [6.45, 7) is 0.889. The number of rotatable bonds is 8. The summed E-state index contributed by atoms with van der Waals surface area (Å²) >= 11 is 12.1. The van der Waals surface area contributed by atoms with Gasteiger partial charge in [-0.05, 0) is 24.7 Å². The van der Waals surface area contributed by atoms with Crippen LogP contribution in [-0.4, -0.2) is 41.2 Å². The average molecular weight is 385 g/mol. The van der Waals surface area contributed by atoms with Gasteiger partial charge in [-0.3, -0.25) is 15.0 Å². The number of ether oxygens (including phenoxy) is 1. The van der Waals surface area contributed by atoms with E-state index in [4.69, 9.17) is 27.9 Å². The van der Waals surface area contributed by atoms with E-state index in [1.807, 2.05) is 24.1 Å². The molecule has 0 saturated carbocycles. The minimum absolute atomic E-state index is 0.0226. The van der Waals surface area contributed by atoms with Gasteiger partial charge < -0.3 is 9.84 Å². The minimum atomic E-state index is -0.762. The Morgan fingerprint density at radius 3 is 2.72 bits per heavy atom. The van der Waals surface area contributed by atoms with E-state index in [0.29, 0.717) is 28.9 Å². The van der Waals surface area contributed by atoms with E-state index in [-0.39, 0.29) is 12.3 Å². The van der Waals surface area contributed by atoms with Crippen LogP contribution in [0.3, 0.4) is 0 Å². The lowest BCUT2D eigenvalue weighted by Crippen LogP contribution is -2.32. The summed E-state index contributed by atoms with van der Waals surface area (Å²) in [6, 6.07) is 11.3. The number of hydrogen-bond acceptors (Lipinski definition) is 5. The number of non-ortho nitro benzene ring substituents is 1. The first-order chi connectivity index (χ1) is 11.9. The highest BCUT2D eigenvalue weighted by Gasteiger charge is 2.13. The molecule has 0 spiro atoms. The average Bonchev–Trinajstić information content (AvgIpc) is 2.57. The largest absolute Gasteiger partial charge is 0.491 e. The van der Waals surface area contributed by atoms with Gasteiger partial charge in [-0.1, -0.05) is 41.4 Å². The number of likely N-dealkylation sites (N-methyl/N-ethyl adjacent to an activating group) is 1. The van der Waals surface area contributed by atoms with Crippen LogP contribution >= 0.6 is 23.2 Å². The Morgan fingerprint density at radius 1 is 1.28 bits per heavy atom. The number of hydrogen-bond donors (Lipinski definition) is 1. The summed E-state index contributed by atoms with van der Waals surface area (Å²) < 4.78 is 5.42. The van der Waals surface area contributed by atoms with Crippen molar-refractivity contribution in [1.82, 2.24) is 4.90 Å². The Hall–Kier alpha value is -1.86. The summed E-state index contributed by atoms with van der Waals surface area (Å²) in [4.78, 5) is 12.1. The Labute approximate surface area is 155 Å². The van der Waals surface area contributed by atoms with Crippen LogP contribution in [-0.2, 0) is 6.54 Å². The van der Waals surface area contributed by atoms with Crippen molar-refractivity contribution in [1.29, 1.82) is 0 Å². The van der Waals surface area contributed by atoms with Gasteiger partial charge in [0.15, 0.2) is 0 Å². The molecule has 1 N–H and O–H groups in total. The van der Waals surface area contributed by atoms with E-state index >= 15 is 0 Å². The summed E-state index contributed by atoms with van der Waals surface area (Å²) in [6.07, 6.45) is -0.762. The molecule has 6 nitrogen and oxygen atoms in total. The zero-order valence-corrected chi connectivity index (χ0v) is 15.1. The minimum Gasteiger partial charge on any atom is -0.491 e. The third kappa shape index (κ3) is 5.86. The fraction of sp³-hybridized carbons (Fsp3) is 0.294. The standard InChI is InChI=1S/C17H18Cl2N2O4/c1-20(9-12-4-2-7-16(18)17(12)19)10-14(22)11-25-15-6-3-5-13(8-15)21(23)24/h2-8,14,22H,9-11H2,1H3/t14-/m0/s1. The van der Waals surface area contributed by atoms with E-state index in [9.17, 15) is 15.2 Å². The van der Waals surface area contributed by atoms with Gasteiger partial charge in [0.2, 0.25) is 0 Å². The molecular weight excluding hydrogens is 367 g/mol. The van der Waals surface area contributed by atoms with Crippen molar-refractivity contribution in [2.45, 2.75) is 12.6 Å². The lowest BCUT2D eigenvalue weighted by Gasteiger charge is -2.21. The first-order valence-electron chi connectivity index (χ1n) is 7.53. The Morgan fingerprint density at radius 2 is 2.00 bits per heavy atom. The molecule has 0 unspecified atom stereocenters. The number of halogens is 2. The molecule has 134 valence electrons. The number of nitrogens with zero attached hydrogens (tertiary/aromatic N) is 2. The number of benzene rings is 2.